The molecule has 1 aliphatic rings. The van der Waals surface area contributed by atoms with Gasteiger partial charge in [0.05, 0.1) is 18.3 Å². The Labute approximate surface area is 77.2 Å². The van der Waals surface area contributed by atoms with Gasteiger partial charge >= 0.3 is 0 Å². The molecule has 7 heteroatoms. The first kappa shape index (κ1) is 11.3. The molecule has 6 nitrogen and oxygen atoms in total. The van der Waals surface area contributed by atoms with Gasteiger partial charge in [0.2, 0.25) is 0 Å². The molecule has 0 radical (unpaired) electrons. The Balaban J connectivity index is 2.18. The van der Waals surface area contributed by atoms with Gasteiger partial charge in [-0.05, 0) is 12.8 Å². The van der Waals surface area contributed by atoms with E-state index in [9.17, 15) is 5.11 Å². The zero-order chi connectivity index (χ0) is 9.68. The van der Waals surface area contributed by atoms with E-state index in [1.165, 1.54) is 0 Å². The van der Waals surface area contributed by atoms with Crippen LogP contribution in [-0.2, 0) is 14.2 Å². The van der Waals surface area contributed by atoms with Crippen LogP contribution in [0.4, 0.5) is 0 Å². The van der Waals surface area contributed by atoms with Gasteiger partial charge in [0.1, 0.15) is 0 Å². The molecule has 0 heterocycles. The lowest BCUT2D eigenvalue weighted by Gasteiger charge is -2.29. The maximum atomic E-state index is 9.40. The molecule has 0 aromatic rings. The van der Waals surface area contributed by atoms with Crippen LogP contribution in [-0.4, -0.2) is 33.8 Å². The van der Waals surface area contributed by atoms with Crippen molar-refractivity contribution in [2.24, 2.45) is 0 Å². The molecule has 0 saturated heterocycles. The smallest absolute Gasteiger partial charge is 0.198 e. The third-order valence-corrected chi connectivity index (χ3v) is 2.54. The van der Waals surface area contributed by atoms with Crippen molar-refractivity contribution < 1.29 is 29.7 Å². The molecule has 3 N–H and O–H groups in total. The standard InChI is InChI=1S/C6H13O6P/c7-4-1-2-6(5(8)3-4)10-13-12-11-9/h4-9,13H,1-3H2/t4-,5+,6-/m0/s1. The summed E-state index contributed by atoms with van der Waals surface area (Å²) >= 11 is 0. The van der Waals surface area contributed by atoms with E-state index in [-0.39, 0.29) is 6.10 Å². The van der Waals surface area contributed by atoms with Gasteiger partial charge in [-0.15, -0.1) is 0 Å². The molecule has 1 rings (SSSR count). The van der Waals surface area contributed by atoms with Crippen molar-refractivity contribution in [2.45, 2.75) is 37.6 Å². The first-order valence-corrected chi connectivity index (χ1v) is 4.79. The minimum absolute atomic E-state index is 0.315. The summed E-state index contributed by atoms with van der Waals surface area (Å²) in [7, 11) is -0.473. The number of rotatable bonds is 4. The van der Waals surface area contributed by atoms with Crippen LogP contribution in [0.25, 0.3) is 0 Å². The van der Waals surface area contributed by atoms with E-state index in [1.807, 2.05) is 0 Å². The SMILES string of the molecule is OOOPO[C@H]1CC[C@H](O)C[C@H]1O. The molecule has 0 aromatic carbocycles. The molecule has 0 aromatic heterocycles. The lowest BCUT2D eigenvalue weighted by molar-refractivity contribution is -0.438. The van der Waals surface area contributed by atoms with Crippen molar-refractivity contribution in [3.8, 4) is 0 Å². The Hall–Kier alpha value is 0.190. The van der Waals surface area contributed by atoms with Crippen LogP contribution >= 0.6 is 9.03 Å². The average molecular weight is 212 g/mol. The van der Waals surface area contributed by atoms with Crippen molar-refractivity contribution in [1.29, 1.82) is 0 Å². The Bertz CT molecular complexity index is 145. The lowest BCUT2D eigenvalue weighted by atomic mass is 9.93. The molecule has 78 valence electrons. The summed E-state index contributed by atoms with van der Waals surface area (Å²) < 4.78 is 9.14. The molecule has 0 spiro atoms. The maximum Gasteiger partial charge on any atom is 0.198 e. The molecular formula is C6H13O6P. The monoisotopic (exact) mass is 212 g/mol. The minimum atomic E-state index is -0.682. The summed E-state index contributed by atoms with van der Waals surface area (Å²) in [5.74, 6) is 0. The van der Waals surface area contributed by atoms with Gasteiger partial charge in [-0.1, -0.05) is 5.04 Å². The van der Waals surface area contributed by atoms with E-state index in [2.05, 4.69) is 9.71 Å². The summed E-state index contributed by atoms with van der Waals surface area (Å²) in [6.45, 7) is 0. The molecular weight excluding hydrogens is 199 g/mol. The summed E-state index contributed by atoms with van der Waals surface area (Å²) in [5, 5.41) is 29.7. The van der Waals surface area contributed by atoms with E-state index >= 15 is 0 Å². The zero-order valence-corrected chi connectivity index (χ0v) is 7.92. The highest BCUT2D eigenvalue weighted by Crippen LogP contribution is 2.27. The Morgan fingerprint density at radius 3 is 2.62 bits per heavy atom. The fraction of sp³-hybridized carbons (Fsp3) is 1.00. The normalized spacial score (nSPS) is 35.8. The zero-order valence-electron chi connectivity index (χ0n) is 6.92. The van der Waals surface area contributed by atoms with Gasteiger partial charge in [0, 0.05) is 6.42 Å². The summed E-state index contributed by atoms with van der Waals surface area (Å²) in [4.78, 5) is 0. The summed E-state index contributed by atoms with van der Waals surface area (Å²) in [6, 6.07) is 0. The van der Waals surface area contributed by atoms with Crippen LogP contribution < -0.4 is 0 Å². The van der Waals surface area contributed by atoms with Crippen molar-refractivity contribution in [3.63, 3.8) is 0 Å². The fourth-order valence-corrected chi connectivity index (χ4v) is 1.80. The molecule has 4 atom stereocenters. The number of hydrogen-bond acceptors (Lipinski definition) is 6. The van der Waals surface area contributed by atoms with Gasteiger partial charge in [0.15, 0.2) is 9.03 Å². The number of aliphatic hydroxyl groups excluding tert-OH is 2. The van der Waals surface area contributed by atoms with Crippen LogP contribution in [0.1, 0.15) is 19.3 Å². The van der Waals surface area contributed by atoms with Gasteiger partial charge in [-0.25, -0.2) is 5.26 Å². The average Bonchev–Trinajstić information content (AvgIpc) is 2.09. The molecule has 1 aliphatic carbocycles. The molecule has 13 heavy (non-hydrogen) atoms. The second-order valence-electron chi connectivity index (χ2n) is 2.93. The van der Waals surface area contributed by atoms with Crippen LogP contribution in [0.5, 0.6) is 0 Å². The predicted molar refractivity (Wildman–Crippen MR) is 43.9 cm³/mol. The topological polar surface area (TPSA) is 88.4 Å². The van der Waals surface area contributed by atoms with Crippen molar-refractivity contribution in [1.82, 2.24) is 0 Å². The summed E-state index contributed by atoms with van der Waals surface area (Å²) in [5.41, 5.74) is 0. The Morgan fingerprint density at radius 2 is 2.00 bits per heavy atom. The first-order valence-electron chi connectivity index (χ1n) is 3.98. The molecule has 0 bridgehead atoms. The molecule has 0 amide bonds. The highest BCUT2D eigenvalue weighted by Gasteiger charge is 2.28. The molecule has 0 aliphatic heterocycles. The first-order chi connectivity index (χ1) is 6.24. The maximum absolute atomic E-state index is 9.40. The fourth-order valence-electron chi connectivity index (χ4n) is 1.33. The molecule has 1 unspecified atom stereocenters. The third kappa shape index (κ3) is 3.83. The number of hydrogen-bond donors (Lipinski definition) is 3. The lowest BCUT2D eigenvalue weighted by Crippen LogP contribution is -2.36. The van der Waals surface area contributed by atoms with E-state index in [4.69, 9.17) is 14.9 Å². The van der Waals surface area contributed by atoms with Crippen molar-refractivity contribution >= 4 is 9.03 Å². The van der Waals surface area contributed by atoms with Gasteiger partial charge < -0.3 is 14.7 Å². The minimum Gasteiger partial charge on any atom is -0.393 e. The van der Waals surface area contributed by atoms with E-state index in [0.29, 0.717) is 19.3 Å². The third-order valence-electron chi connectivity index (χ3n) is 2.00. The highest BCUT2D eigenvalue weighted by atomic mass is 31.1. The molecule has 1 fully saturated rings. The largest absolute Gasteiger partial charge is 0.393 e. The Kier molecular flexibility index (Phi) is 5.05. The van der Waals surface area contributed by atoms with Crippen LogP contribution in [0.2, 0.25) is 0 Å². The second-order valence-corrected chi connectivity index (χ2v) is 3.50. The van der Waals surface area contributed by atoms with Gasteiger partial charge in [0.25, 0.3) is 0 Å². The van der Waals surface area contributed by atoms with Gasteiger partial charge in [-0.2, -0.15) is 4.67 Å². The quantitative estimate of drug-likeness (QED) is 0.267. The van der Waals surface area contributed by atoms with Gasteiger partial charge in [-0.3, -0.25) is 0 Å². The van der Waals surface area contributed by atoms with E-state index in [1.54, 1.807) is 0 Å². The highest BCUT2D eigenvalue weighted by molar-refractivity contribution is 7.26. The van der Waals surface area contributed by atoms with E-state index in [0.717, 1.165) is 0 Å². The van der Waals surface area contributed by atoms with Crippen LogP contribution in [0.15, 0.2) is 0 Å². The second kappa shape index (κ2) is 5.82. The van der Waals surface area contributed by atoms with Crippen molar-refractivity contribution in [3.05, 3.63) is 0 Å². The predicted octanol–water partition coefficient (Wildman–Crippen LogP) is 0.207. The summed E-state index contributed by atoms with van der Waals surface area (Å²) in [6.07, 6.45) is 0.00875. The Morgan fingerprint density at radius 1 is 1.23 bits per heavy atom. The number of aliphatic hydroxyl groups is 2. The van der Waals surface area contributed by atoms with Crippen LogP contribution in [0.3, 0.4) is 0 Å². The van der Waals surface area contributed by atoms with Crippen molar-refractivity contribution in [2.75, 3.05) is 0 Å². The molecule has 1 saturated carbocycles. The van der Waals surface area contributed by atoms with E-state index < -0.39 is 21.2 Å². The van der Waals surface area contributed by atoms with Crippen LogP contribution in [0, 0.1) is 0 Å².